The molecule has 0 atom stereocenters. The summed E-state index contributed by atoms with van der Waals surface area (Å²) in [5.74, 6) is 0.743. The zero-order valence-electron chi connectivity index (χ0n) is 4.48. The van der Waals surface area contributed by atoms with E-state index in [2.05, 4.69) is 5.32 Å². The molecule has 1 rings (SSSR count). The lowest BCUT2D eigenvalue weighted by atomic mass is 10.5. The van der Waals surface area contributed by atoms with Crippen molar-refractivity contribution < 1.29 is 4.74 Å². The summed E-state index contributed by atoms with van der Waals surface area (Å²) in [5, 5.41) is 2.84. The first-order chi connectivity index (χ1) is 3.80. The summed E-state index contributed by atoms with van der Waals surface area (Å²) in [6.45, 7) is 1.35. The van der Waals surface area contributed by atoms with E-state index >= 15 is 0 Å². The summed E-state index contributed by atoms with van der Waals surface area (Å²) in [7, 11) is 0. The highest BCUT2D eigenvalue weighted by Gasteiger charge is 2.03. The SMILES string of the molecule is NC1=C(N)OCCN1. The van der Waals surface area contributed by atoms with Crippen molar-refractivity contribution in [3.63, 3.8) is 0 Å². The van der Waals surface area contributed by atoms with E-state index in [4.69, 9.17) is 16.2 Å². The Bertz CT molecular complexity index is 106. The zero-order chi connectivity index (χ0) is 5.98. The highest BCUT2D eigenvalue weighted by molar-refractivity contribution is 5.00. The molecule has 1 aliphatic rings. The molecule has 4 nitrogen and oxygen atoms in total. The third-order valence-electron chi connectivity index (χ3n) is 0.941. The van der Waals surface area contributed by atoms with Crippen LogP contribution >= 0.6 is 0 Å². The van der Waals surface area contributed by atoms with E-state index in [-0.39, 0.29) is 0 Å². The van der Waals surface area contributed by atoms with Gasteiger partial charge in [0, 0.05) is 0 Å². The van der Waals surface area contributed by atoms with Crippen molar-refractivity contribution in [2.75, 3.05) is 13.2 Å². The van der Waals surface area contributed by atoms with Crippen LogP contribution in [0.25, 0.3) is 0 Å². The van der Waals surface area contributed by atoms with Gasteiger partial charge in [0.05, 0.1) is 6.54 Å². The average molecular weight is 115 g/mol. The van der Waals surface area contributed by atoms with Gasteiger partial charge >= 0.3 is 0 Å². The molecule has 0 aromatic heterocycles. The molecule has 0 spiro atoms. The van der Waals surface area contributed by atoms with E-state index in [1.807, 2.05) is 0 Å². The van der Waals surface area contributed by atoms with Crippen LogP contribution in [0, 0.1) is 0 Å². The molecule has 0 bridgehead atoms. The summed E-state index contributed by atoms with van der Waals surface area (Å²) in [6.07, 6.45) is 0. The predicted molar refractivity (Wildman–Crippen MR) is 29.4 cm³/mol. The lowest BCUT2D eigenvalue weighted by molar-refractivity contribution is 0.187. The Balaban J connectivity index is 2.60. The fraction of sp³-hybridized carbons (Fsp3) is 0.500. The van der Waals surface area contributed by atoms with Gasteiger partial charge in [0.15, 0.2) is 5.82 Å². The van der Waals surface area contributed by atoms with Gasteiger partial charge in [-0.2, -0.15) is 0 Å². The van der Waals surface area contributed by atoms with Crippen LogP contribution in [0.1, 0.15) is 0 Å². The molecule has 0 saturated carbocycles. The van der Waals surface area contributed by atoms with Gasteiger partial charge in [0.2, 0.25) is 5.88 Å². The van der Waals surface area contributed by atoms with Crippen molar-refractivity contribution in [1.82, 2.24) is 5.32 Å². The van der Waals surface area contributed by atoms with Crippen molar-refractivity contribution in [2.45, 2.75) is 0 Å². The minimum Gasteiger partial charge on any atom is -0.475 e. The quantitative estimate of drug-likeness (QED) is 0.365. The molecule has 0 aliphatic carbocycles. The first-order valence-electron chi connectivity index (χ1n) is 2.42. The lowest BCUT2D eigenvalue weighted by Gasteiger charge is -2.16. The molecule has 46 valence electrons. The van der Waals surface area contributed by atoms with E-state index in [0.29, 0.717) is 18.3 Å². The molecule has 0 radical (unpaired) electrons. The summed E-state index contributed by atoms with van der Waals surface area (Å²) in [6, 6.07) is 0. The van der Waals surface area contributed by atoms with Crippen LogP contribution in [-0.2, 0) is 4.74 Å². The van der Waals surface area contributed by atoms with Crippen molar-refractivity contribution >= 4 is 0 Å². The summed E-state index contributed by atoms with van der Waals surface area (Å²) >= 11 is 0. The number of hydrogen-bond donors (Lipinski definition) is 3. The van der Waals surface area contributed by atoms with Crippen LogP contribution in [-0.4, -0.2) is 13.2 Å². The third-order valence-corrected chi connectivity index (χ3v) is 0.941. The van der Waals surface area contributed by atoms with Crippen LogP contribution in [0.5, 0.6) is 0 Å². The monoisotopic (exact) mass is 115 g/mol. The molecule has 0 unspecified atom stereocenters. The number of nitrogens with two attached hydrogens (primary N) is 2. The largest absolute Gasteiger partial charge is 0.475 e. The van der Waals surface area contributed by atoms with Gasteiger partial charge in [0.25, 0.3) is 0 Å². The summed E-state index contributed by atoms with van der Waals surface area (Å²) in [5.41, 5.74) is 10.5. The number of hydrogen-bond acceptors (Lipinski definition) is 4. The molecule has 1 heterocycles. The smallest absolute Gasteiger partial charge is 0.225 e. The van der Waals surface area contributed by atoms with Gasteiger partial charge in [-0.3, -0.25) is 0 Å². The second kappa shape index (κ2) is 1.81. The molecular formula is C4H9N3O. The lowest BCUT2D eigenvalue weighted by Crippen LogP contribution is -2.33. The molecule has 0 aromatic carbocycles. The average Bonchev–Trinajstić information content (AvgIpc) is 1.77. The molecule has 0 aromatic rings. The fourth-order valence-corrected chi connectivity index (χ4v) is 0.512. The first-order valence-corrected chi connectivity index (χ1v) is 2.42. The Morgan fingerprint density at radius 3 is 2.62 bits per heavy atom. The van der Waals surface area contributed by atoms with Crippen molar-refractivity contribution in [2.24, 2.45) is 11.5 Å². The van der Waals surface area contributed by atoms with Crippen LogP contribution in [0.15, 0.2) is 11.7 Å². The molecule has 5 N–H and O–H groups in total. The Labute approximate surface area is 47.5 Å². The van der Waals surface area contributed by atoms with Gasteiger partial charge in [-0.1, -0.05) is 0 Å². The predicted octanol–water partition coefficient (Wildman–Crippen LogP) is -1.35. The highest BCUT2D eigenvalue weighted by atomic mass is 16.5. The van der Waals surface area contributed by atoms with Gasteiger partial charge in [0.1, 0.15) is 6.61 Å². The van der Waals surface area contributed by atoms with E-state index in [9.17, 15) is 0 Å². The highest BCUT2D eigenvalue weighted by Crippen LogP contribution is 1.93. The van der Waals surface area contributed by atoms with Crippen molar-refractivity contribution in [3.05, 3.63) is 11.7 Å². The van der Waals surface area contributed by atoms with E-state index in [1.54, 1.807) is 0 Å². The number of ether oxygens (including phenoxy) is 1. The van der Waals surface area contributed by atoms with E-state index in [1.165, 1.54) is 0 Å². The second-order valence-corrected chi connectivity index (χ2v) is 1.55. The standard InChI is InChI=1S/C4H9N3O/c5-3-4(6)8-2-1-7-3/h7H,1-2,5-6H2. The van der Waals surface area contributed by atoms with Crippen LogP contribution in [0.4, 0.5) is 0 Å². The Kier molecular flexibility index (Phi) is 1.15. The molecule has 0 fully saturated rings. The van der Waals surface area contributed by atoms with E-state index in [0.717, 1.165) is 6.54 Å². The molecule has 0 amide bonds. The molecule has 4 heteroatoms. The van der Waals surface area contributed by atoms with Crippen LogP contribution < -0.4 is 16.8 Å². The Hall–Kier alpha value is -1.06. The third kappa shape index (κ3) is 0.776. The number of rotatable bonds is 0. The van der Waals surface area contributed by atoms with Crippen molar-refractivity contribution in [3.8, 4) is 0 Å². The number of nitrogens with one attached hydrogen (secondary N) is 1. The van der Waals surface area contributed by atoms with Crippen molar-refractivity contribution in [1.29, 1.82) is 0 Å². The molecule has 1 aliphatic heterocycles. The van der Waals surface area contributed by atoms with Gasteiger partial charge in [-0.05, 0) is 0 Å². The van der Waals surface area contributed by atoms with Gasteiger partial charge < -0.3 is 21.5 Å². The van der Waals surface area contributed by atoms with E-state index < -0.39 is 0 Å². The topological polar surface area (TPSA) is 73.3 Å². The first kappa shape index (κ1) is 5.08. The summed E-state index contributed by atoms with van der Waals surface area (Å²) in [4.78, 5) is 0. The van der Waals surface area contributed by atoms with Crippen LogP contribution in [0.3, 0.4) is 0 Å². The normalized spacial score (nSPS) is 19.5. The van der Waals surface area contributed by atoms with Crippen LogP contribution in [0.2, 0.25) is 0 Å². The maximum Gasteiger partial charge on any atom is 0.225 e. The zero-order valence-corrected chi connectivity index (χ0v) is 4.48. The fourth-order valence-electron chi connectivity index (χ4n) is 0.512. The maximum absolute atomic E-state index is 5.30. The molecular weight excluding hydrogens is 106 g/mol. The summed E-state index contributed by atoms with van der Waals surface area (Å²) < 4.78 is 4.86. The minimum absolute atomic E-state index is 0.302. The minimum atomic E-state index is 0.302. The maximum atomic E-state index is 5.30. The Morgan fingerprint density at radius 1 is 1.50 bits per heavy atom. The second-order valence-electron chi connectivity index (χ2n) is 1.55. The van der Waals surface area contributed by atoms with Gasteiger partial charge in [-0.15, -0.1) is 0 Å². The molecule has 0 saturated heterocycles. The molecule has 8 heavy (non-hydrogen) atoms. The van der Waals surface area contributed by atoms with Gasteiger partial charge in [-0.25, -0.2) is 0 Å². The Morgan fingerprint density at radius 2 is 2.25 bits per heavy atom.